The minimum atomic E-state index is -1.10. The highest BCUT2D eigenvalue weighted by Gasteiger charge is 2.32. The van der Waals surface area contributed by atoms with Gasteiger partial charge < -0.3 is 14.2 Å². The zero-order valence-electron chi connectivity index (χ0n) is 19.1. The molecule has 0 unspecified atom stereocenters. The van der Waals surface area contributed by atoms with E-state index in [-0.39, 0.29) is 5.69 Å². The van der Waals surface area contributed by atoms with E-state index in [2.05, 4.69) is 5.10 Å². The summed E-state index contributed by atoms with van der Waals surface area (Å²) in [6, 6.07) is 12.8. The van der Waals surface area contributed by atoms with Crippen LogP contribution in [0.2, 0.25) is 0 Å². The smallest absolute Gasteiger partial charge is 0.350 e. The van der Waals surface area contributed by atoms with E-state index < -0.39 is 11.6 Å². The number of carbonyl (C=O) groups excluding carboxylic acids is 1. The fourth-order valence-corrected chi connectivity index (χ4v) is 3.21. The molecule has 0 aliphatic rings. The van der Waals surface area contributed by atoms with E-state index in [9.17, 15) is 9.59 Å². The maximum Gasteiger partial charge on any atom is 0.350 e. The van der Waals surface area contributed by atoms with Crippen LogP contribution in [0.3, 0.4) is 0 Å². The topological polar surface area (TPSA) is 84.6 Å². The fraction of sp³-hybridized carbons (Fsp3) is 0.375. The average molecular weight is 440 g/mol. The number of esters is 1. The van der Waals surface area contributed by atoms with Crippen LogP contribution in [-0.4, -0.2) is 39.1 Å². The second-order valence-electron chi connectivity index (χ2n) is 7.80. The molecule has 0 N–H and O–H groups in total. The molecule has 1 heterocycles. The summed E-state index contributed by atoms with van der Waals surface area (Å²) >= 11 is 0. The summed E-state index contributed by atoms with van der Waals surface area (Å²) in [5.74, 6) is 0.912. The number of carbonyl (C=O) groups is 1. The monoisotopic (exact) mass is 439 g/mol. The summed E-state index contributed by atoms with van der Waals surface area (Å²) in [5, 5.41) is 4.24. The second kappa shape index (κ2) is 9.72. The number of hydrogen-bond donors (Lipinski definition) is 0. The van der Waals surface area contributed by atoms with E-state index in [1.807, 2.05) is 50.2 Å². The summed E-state index contributed by atoms with van der Waals surface area (Å²) < 4.78 is 19.3. The van der Waals surface area contributed by atoms with Gasteiger partial charge in [-0.25, -0.2) is 18.8 Å². The highest BCUT2D eigenvalue weighted by atomic mass is 16.6. The van der Waals surface area contributed by atoms with Crippen molar-refractivity contribution >= 4 is 5.97 Å². The zero-order valence-corrected chi connectivity index (χ0v) is 19.1. The SMILES string of the molecule is CCOC(=O)C(C)(C)Oc1ccc(Cn2ncn(-c3ccc(OCC)cc3)c2=O)cc1C. The highest BCUT2D eigenvalue weighted by molar-refractivity contribution is 5.79. The van der Waals surface area contributed by atoms with Crippen molar-refractivity contribution in [2.24, 2.45) is 0 Å². The second-order valence-corrected chi connectivity index (χ2v) is 7.80. The van der Waals surface area contributed by atoms with Crippen molar-refractivity contribution in [1.82, 2.24) is 14.3 Å². The summed E-state index contributed by atoms with van der Waals surface area (Å²) in [7, 11) is 0. The van der Waals surface area contributed by atoms with Crippen LogP contribution in [0.5, 0.6) is 11.5 Å². The van der Waals surface area contributed by atoms with Crippen molar-refractivity contribution in [3.63, 3.8) is 0 Å². The van der Waals surface area contributed by atoms with Crippen LogP contribution in [-0.2, 0) is 16.1 Å². The number of rotatable bonds is 9. The Kier molecular flexibility index (Phi) is 7.02. The molecule has 1 aromatic heterocycles. The number of ether oxygens (including phenoxy) is 3. The van der Waals surface area contributed by atoms with Gasteiger partial charge in [-0.05, 0) is 76.1 Å². The first-order chi connectivity index (χ1) is 15.2. The maximum absolute atomic E-state index is 12.8. The van der Waals surface area contributed by atoms with Gasteiger partial charge in [0, 0.05) is 0 Å². The Morgan fingerprint density at radius 3 is 2.41 bits per heavy atom. The molecule has 0 aliphatic heterocycles. The molecule has 0 saturated heterocycles. The molecule has 0 radical (unpaired) electrons. The third-order valence-corrected chi connectivity index (χ3v) is 4.86. The van der Waals surface area contributed by atoms with Crippen LogP contribution in [0.1, 0.15) is 38.8 Å². The lowest BCUT2D eigenvalue weighted by Crippen LogP contribution is -2.39. The average Bonchev–Trinajstić information content (AvgIpc) is 3.11. The van der Waals surface area contributed by atoms with Gasteiger partial charge in [0.25, 0.3) is 0 Å². The van der Waals surface area contributed by atoms with Crippen LogP contribution in [0.4, 0.5) is 0 Å². The Labute approximate surface area is 187 Å². The molecule has 0 amide bonds. The van der Waals surface area contributed by atoms with Crippen LogP contribution in [0.15, 0.2) is 53.6 Å². The first-order valence-electron chi connectivity index (χ1n) is 10.6. The molecule has 0 saturated carbocycles. The lowest BCUT2D eigenvalue weighted by Gasteiger charge is -2.25. The summed E-state index contributed by atoms with van der Waals surface area (Å²) in [6.45, 7) is 10.1. The molecule has 3 aromatic rings. The Morgan fingerprint density at radius 2 is 1.78 bits per heavy atom. The Balaban J connectivity index is 1.75. The van der Waals surface area contributed by atoms with Gasteiger partial charge >= 0.3 is 11.7 Å². The Morgan fingerprint density at radius 1 is 1.06 bits per heavy atom. The Hall–Kier alpha value is -3.55. The number of aryl methyl sites for hydroxylation is 1. The molecule has 3 rings (SSSR count). The molecule has 0 spiro atoms. The molecule has 170 valence electrons. The van der Waals surface area contributed by atoms with Gasteiger partial charge in [-0.3, -0.25) is 0 Å². The van der Waals surface area contributed by atoms with E-state index in [4.69, 9.17) is 14.2 Å². The summed E-state index contributed by atoms with van der Waals surface area (Å²) in [6.07, 6.45) is 1.50. The van der Waals surface area contributed by atoms with E-state index in [1.165, 1.54) is 15.6 Å². The third kappa shape index (κ3) is 5.19. The predicted molar refractivity (Wildman–Crippen MR) is 121 cm³/mol. The lowest BCUT2D eigenvalue weighted by atomic mass is 10.1. The standard InChI is InChI=1S/C24H29N3O5/c1-6-30-20-11-9-19(10-12-20)26-16-25-27(23(26)29)15-18-8-13-21(17(3)14-18)32-24(4,5)22(28)31-7-2/h8-14,16H,6-7,15H2,1-5H3. The first-order valence-corrected chi connectivity index (χ1v) is 10.6. The number of hydrogen-bond acceptors (Lipinski definition) is 6. The summed E-state index contributed by atoms with van der Waals surface area (Å²) in [5.41, 5.74) is 1.11. The maximum atomic E-state index is 12.8. The zero-order chi connectivity index (χ0) is 23.3. The molecular formula is C24H29N3O5. The van der Waals surface area contributed by atoms with Gasteiger partial charge in [-0.15, -0.1) is 0 Å². The molecular weight excluding hydrogens is 410 g/mol. The van der Waals surface area contributed by atoms with Gasteiger partial charge in [0.2, 0.25) is 0 Å². The lowest BCUT2D eigenvalue weighted by molar-refractivity contribution is -0.158. The molecule has 2 aromatic carbocycles. The normalized spacial score (nSPS) is 11.3. The van der Waals surface area contributed by atoms with E-state index in [0.717, 1.165) is 16.9 Å². The van der Waals surface area contributed by atoms with E-state index in [0.29, 0.717) is 31.2 Å². The number of benzene rings is 2. The van der Waals surface area contributed by atoms with E-state index in [1.54, 1.807) is 26.8 Å². The quantitative estimate of drug-likeness (QED) is 0.475. The minimum Gasteiger partial charge on any atom is -0.494 e. The van der Waals surface area contributed by atoms with Gasteiger partial charge in [0.05, 0.1) is 25.4 Å². The highest BCUT2D eigenvalue weighted by Crippen LogP contribution is 2.25. The number of nitrogens with zero attached hydrogens (tertiary/aromatic N) is 3. The predicted octanol–water partition coefficient (Wildman–Crippen LogP) is 3.51. The molecule has 8 heteroatoms. The first kappa shape index (κ1) is 23.1. The molecule has 0 bridgehead atoms. The molecule has 0 fully saturated rings. The van der Waals surface area contributed by atoms with Crippen molar-refractivity contribution < 1.29 is 19.0 Å². The van der Waals surface area contributed by atoms with Gasteiger partial charge in [0.15, 0.2) is 5.60 Å². The molecule has 0 aliphatic carbocycles. The molecule has 8 nitrogen and oxygen atoms in total. The van der Waals surface area contributed by atoms with Crippen LogP contribution in [0.25, 0.3) is 5.69 Å². The molecule has 32 heavy (non-hydrogen) atoms. The number of aromatic nitrogens is 3. The van der Waals surface area contributed by atoms with E-state index >= 15 is 0 Å². The molecule has 0 atom stereocenters. The van der Waals surface area contributed by atoms with Gasteiger partial charge in [0.1, 0.15) is 17.8 Å². The van der Waals surface area contributed by atoms with Crippen LogP contribution >= 0.6 is 0 Å². The largest absolute Gasteiger partial charge is 0.494 e. The summed E-state index contributed by atoms with van der Waals surface area (Å²) in [4.78, 5) is 24.9. The van der Waals surface area contributed by atoms with Crippen molar-refractivity contribution in [1.29, 1.82) is 0 Å². The van der Waals surface area contributed by atoms with Crippen LogP contribution in [0, 0.1) is 6.92 Å². The van der Waals surface area contributed by atoms with Crippen molar-refractivity contribution in [3.8, 4) is 17.2 Å². The Bertz CT molecular complexity index is 1130. The van der Waals surface area contributed by atoms with Crippen molar-refractivity contribution in [2.45, 2.75) is 46.8 Å². The van der Waals surface area contributed by atoms with Crippen molar-refractivity contribution in [3.05, 3.63) is 70.4 Å². The van der Waals surface area contributed by atoms with Gasteiger partial charge in [-0.2, -0.15) is 5.10 Å². The van der Waals surface area contributed by atoms with Gasteiger partial charge in [-0.1, -0.05) is 12.1 Å². The fourth-order valence-electron chi connectivity index (χ4n) is 3.21. The minimum absolute atomic E-state index is 0.240. The third-order valence-electron chi connectivity index (χ3n) is 4.86. The van der Waals surface area contributed by atoms with Crippen molar-refractivity contribution in [2.75, 3.05) is 13.2 Å². The van der Waals surface area contributed by atoms with Crippen LogP contribution < -0.4 is 15.2 Å².